The fourth-order valence-corrected chi connectivity index (χ4v) is 4.98. The number of hydrogen-bond acceptors (Lipinski definition) is 7. The topological polar surface area (TPSA) is 104 Å². The number of thiophene rings is 1. The van der Waals surface area contributed by atoms with Crippen LogP contribution in [0.1, 0.15) is 33.3 Å². The Kier molecular flexibility index (Phi) is 6.42. The summed E-state index contributed by atoms with van der Waals surface area (Å²) in [7, 11) is 0. The number of aliphatic carboxylic acids is 1. The van der Waals surface area contributed by atoms with E-state index in [1.54, 1.807) is 4.90 Å². The van der Waals surface area contributed by atoms with Gasteiger partial charge in [0.05, 0.1) is 11.6 Å². The smallest absolute Gasteiger partial charge is 0.377 e. The first-order valence-corrected chi connectivity index (χ1v) is 11.3. The monoisotopic (exact) mass is 482 g/mol. The number of carboxylic acids is 1. The Balaban J connectivity index is 1.62. The minimum Gasteiger partial charge on any atom is -0.475 e. The first kappa shape index (κ1) is 22.9. The van der Waals surface area contributed by atoms with Crippen LogP contribution in [0.3, 0.4) is 0 Å². The lowest BCUT2D eigenvalue weighted by Crippen LogP contribution is -2.58. The van der Waals surface area contributed by atoms with E-state index in [2.05, 4.69) is 20.8 Å². The summed E-state index contributed by atoms with van der Waals surface area (Å²) in [6, 6.07) is 9.43. The van der Waals surface area contributed by atoms with Crippen LogP contribution in [-0.4, -0.2) is 67.7 Å². The molecule has 3 aromatic rings. The van der Waals surface area contributed by atoms with Gasteiger partial charge in [0.25, 0.3) is 11.7 Å². The number of Topliss-reactive ketones (excluding diaryl/α,β-unsaturated/α-hetero) is 1. The number of rotatable bonds is 5. The van der Waals surface area contributed by atoms with E-state index in [1.165, 1.54) is 5.38 Å². The van der Waals surface area contributed by atoms with Crippen LogP contribution < -0.4 is 0 Å². The Morgan fingerprint density at radius 3 is 2.64 bits per heavy atom. The Morgan fingerprint density at radius 1 is 1.24 bits per heavy atom. The lowest BCUT2D eigenvalue weighted by molar-refractivity contribution is -0.131. The van der Waals surface area contributed by atoms with Gasteiger partial charge in [-0.05, 0) is 12.5 Å². The van der Waals surface area contributed by atoms with Crippen LogP contribution in [0.4, 0.5) is 0 Å². The molecule has 1 aromatic carbocycles. The van der Waals surface area contributed by atoms with Gasteiger partial charge in [0.2, 0.25) is 0 Å². The van der Waals surface area contributed by atoms with E-state index < -0.39 is 17.7 Å². The number of carboxylic acid groups (broad SMARTS) is 1. The highest BCUT2D eigenvalue weighted by atomic mass is 35.5. The Morgan fingerprint density at radius 2 is 1.97 bits per heavy atom. The molecule has 1 aliphatic rings. The first-order chi connectivity index (χ1) is 15.8. The predicted octanol–water partition coefficient (Wildman–Crippen LogP) is 2.96. The lowest BCUT2D eigenvalue weighted by Gasteiger charge is -2.43. The summed E-state index contributed by atoms with van der Waals surface area (Å²) >= 11 is 7.29. The zero-order chi connectivity index (χ0) is 23.7. The molecule has 1 fully saturated rings. The number of carbonyl (C=O) groups excluding carboxylic acids is 2. The van der Waals surface area contributed by atoms with Crippen molar-refractivity contribution < 1.29 is 19.5 Å². The summed E-state index contributed by atoms with van der Waals surface area (Å²) in [5, 5.41) is 10.3. The van der Waals surface area contributed by atoms with Crippen molar-refractivity contribution in [1.82, 2.24) is 19.8 Å². The van der Waals surface area contributed by atoms with Crippen molar-refractivity contribution in [2.75, 3.05) is 13.1 Å². The maximum absolute atomic E-state index is 13.4. The van der Waals surface area contributed by atoms with Crippen LogP contribution in [0.5, 0.6) is 0 Å². The minimum absolute atomic E-state index is 0.0454. The van der Waals surface area contributed by atoms with Gasteiger partial charge in [0, 0.05) is 31.1 Å². The summed E-state index contributed by atoms with van der Waals surface area (Å²) in [6.07, 6.45) is 5.79. The molecule has 3 heterocycles. The zero-order valence-corrected chi connectivity index (χ0v) is 19.1. The minimum atomic E-state index is -1.61. The van der Waals surface area contributed by atoms with Crippen molar-refractivity contribution in [2.24, 2.45) is 0 Å². The van der Waals surface area contributed by atoms with Gasteiger partial charge in [-0.2, -0.15) is 0 Å². The number of halogens is 1. The van der Waals surface area contributed by atoms with E-state index in [-0.39, 0.29) is 45.4 Å². The lowest BCUT2D eigenvalue weighted by atomic mass is 10.1. The molecule has 2 atom stereocenters. The number of hydrogen-bond donors (Lipinski definition) is 1. The Labute approximate surface area is 198 Å². The van der Waals surface area contributed by atoms with Crippen LogP contribution in [-0.2, 0) is 11.3 Å². The standard InChI is InChI=1S/C23H19ClN4O4S/c1-3-15-11-28(13(2)9-27(15)10-14-7-5-4-6-8-14)22(30)18-20(24)26-21-17(25-18)16(12-33-21)19(29)23(31)32/h1,4-8,12-13,15H,9-11H2,2H3,(H,31,32)/t13-,15+/m1/s1. The highest BCUT2D eigenvalue weighted by Crippen LogP contribution is 2.28. The van der Waals surface area contributed by atoms with Gasteiger partial charge in [-0.3, -0.25) is 14.5 Å². The van der Waals surface area contributed by atoms with Gasteiger partial charge < -0.3 is 10.0 Å². The van der Waals surface area contributed by atoms with Crippen molar-refractivity contribution in [3.63, 3.8) is 0 Å². The SMILES string of the molecule is C#C[C@H]1CN(C(=O)c2nc3c(C(=O)C(=O)O)csc3nc2Cl)[C@H](C)CN1Cc1ccccc1. The highest BCUT2D eigenvalue weighted by Gasteiger charge is 2.35. The molecule has 10 heteroatoms. The third-order valence-electron chi connectivity index (χ3n) is 5.53. The van der Waals surface area contributed by atoms with Crippen molar-refractivity contribution in [2.45, 2.75) is 25.6 Å². The fourth-order valence-electron chi connectivity index (χ4n) is 3.86. The molecule has 8 nitrogen and oxygen atoms in total. The van der Waals surface area contributed by atoms with Crippen LogP contribution in [0, 0.1) is 12.3 Å². The van der Waals surface area contributed by atoms with Gasteiger partial charge in [-0.1, -0.05) is 47.9 Å². The van der Waals surface area contributed by atoms with Gasteiger partial charge in [-0.25, -0.2) is 14.8 Å². The maximum atomic E-state index is 13.4. The molecule has 0 radical (unpaired) electrons. The zero-order valence-electron chi connectivity index (χ0n) is 17.6. The van der Waals surface area contributed by atoms with E-state index in [9.17, 15) is 14.4 Å². The number of fused-ring (bicyclic) bond motifs is 1. The van der Waals surface area contributed by atoms with Gasteiger partial charge in [0.15, 0.2) is 10.8 Å². The van der Waals surface area contributed by atoms with E-state index in [0.717, 1.165) is 16.9 Å². The largest absolute Gasteiger partial charge is 0.475 e. The normalized spacial score (nSPS) is 18.8. The summed E-state index contributed by atoms with van der Waals surface area (Å²) in [5.41, 5.74) is 0.908. The van der Waals surface area contributed by atoms with Gasteiger partial charge in [0.1, 0.15) is 10.3 Å². The molecule has 1 amide bonds. The predicted molar refractivity (Wildman–Crippen MR) is 124 cm³/mol. The number of amides is 1. The second-order valence-electron chi connectivity index (χ2n) is 7.70. The average molecular weight is 483 g/mol. The molecule has 0 unspecified atom stereocenters. The molecule has 4 rings (SSSR count). The van der Waals surface area contributed by atoms with Crippen molar-refractivity contribution >= 4 is 50.9 Å². The number of aromatic nitrogens is 2. The molecule has 168 valence electrons. The number of carbonyl (C=O) groups is 3. The average Bonchev–Trinajstić information content (AvgIpc) is 3.20. The second-order valence-corrected chi connectivity index (χ2v) is 8.92. The molecular weight excluding hydrogens is 464 g/mol. The number of benzene rings is 1. The third-order valence-corrected chi connectivity index (χ3v) is 6.65. The first-order valence-electron chi connectivity index (χ1n) is 10.1. The molecule has 0 aliphatic carbocycles. The highest BCUT2D eigenvalue weighted by molar-refractivity contribution is 7.17. The quantitative estimate of drug-likeness (QED) is 0.338. The number of ketones is 1. The second kappa shape index (κ2) is 9.27. The van der Waals surface area contributed by atoms with Crippen LogP contribution >= 0.6 is 22.9 Å². The van der Waals surface area contributed by atoms with E-state index >= 15 is 0 Å². The molecule has 0 bridgehead atoms. The Hall–Kier alpha value is -3.32. The molecule has 0 spiro atoms. The van der Waals surface area contributed by atoms with E-state index in [1.807, 2.05) is 37.3 Å². The van der Waals surface area contributed by atoms with Crippen molar-refractivity contribution in [3.8, 4) is 12.3 Å². The number of terminal acetylenes is 1. The molecule has 33 heavy (non-hydrogen) atoms. The summed E-state index contributed by atoms with van der Waals surface area (Å²) in [4.78, 5) is 49.0. The molecular formula is C23H19ClN4O4S. The fraction of sp³-hybridized carbons (Fsp3) is 0.261. The van der Waals surface area contributed by atoms with Gasteiger partial charge >= 0.3 is 5.97 Å². The van der Waals surface area contributed by atoms with Crippen LogP contribution in [0.15, 0.2) is 35.7 Å². The summed E-state index contributed by atoms with van der Waals surface area (Å²) in [6.45, 7) is 3.38. The number of nitrogens with zero attached hydrogens (tertiary/aromatic N) is 4. The molecule has 1 saturated heterocycles. The van der Waals surface area contributed by atoms with Gasteiger partial charge in [-0.15, -0.1) is 17.8 Å². The molecule has 0 saturated carbocycles. The molecule has 2 aromatic heterocycles. The Bertz CT molecular complexity index is 1290. The van der Waals surface area contributed by atoms with E-state index in [0.29, 0.717) is 13.1 Å². The van der Waals surface area contributed by atoms with Crippen molar-refractivity contribution in [3.05, 3.63) is 57.7 Å². The third kappa shape index (κ3) is 4.46. The molecule has 1 aliphatic heterocycles. The maximum Gasteiger partial charge on any atom is 0.377 e. The molecule has 1 N–H and O–H groups in total. The van der Waals surface area contributed by atoms with Crippen molar-refractivity contribution in [1.29, 1.82) is 0 Å². The van der Waals surface area contributed by atoms with E-state index in [4.69, 9.17) is 23.1 Å². The summed E-state index contributed by atoms with van der Waals surface area (Å²) in [5.74, 6) is -0.439. The summed E-state index contributed by atoms with van der Waals surface area (Å²) < 4.78 is 0. The number of piperazine rings is 1. The van der Waals surface area contributed by atoms with Crippen LogP contribution in [0.2, 0.25) is 5.15 Å². The van der Waals surface area contributed by atoms with Crippen LogP contribution in [0.25, 0.3) is 10.3 Å².